The van der Waals surface area contributed by atoms with Crippen molar-refractivity contribution in [3.8, 4) is 0 Å². The van der Waals surface area contributed by atoms with Crippen molar-refractivity contribution in [1.82, 2.24) is 0 Å². The minimum atomic E-state index is -3.63. The number of amides is 1. The van der Waals surface area contributed by atoms with Gasteiger partial charge in [-0.1, -0.05) is 6.07 Å². The number of carbonyl (C=O) groups is 1. The van der Waals surface area contributed by atoms with E-state index in [2.05, 4.69) is 4.72 Å². The van der Waals surface area contributed by atoms with E-state index >= 15 is 0 Å². The third-order valence-electron chi connectivity index (χ3n) is 3.80. The average molecular weight is 316 g/mol. The maximum absolute atomic E-state index is 12.4. The van der Waals surface area contributed by atoms with Gasteiger partial charge in [0.15, 0.2) is 0 Å². The van der Waals surface area contributed by atoms with Crippen LogP contribution in [0.5, 0.6) is 0 Å². The Morgan fingerprint density at radius 1 is 1.00 bits per heavy atom. The summed E-state index contributed by atoms with van der Waals surface area (Å²) in [4.78, 5) is 11.3. The van der Waals surface area contributed by atoms with Crippen LogP contribution in [-0.4, -0.2) is 14.3 Å². The van der Waals surface area contributed by atoms with E-state index in [4.69, 9.17) is 5.73 Å². The average Bonchev–Trinajstić information content (AvgIpc) is 2.94. The van der Waals surface area contributed by atoms with Crippen LogP contribution < -0.4 is 10.5 Å². The zero-order valence-electron chi connectivity index (χ0n) is 11.9. The number of fused-ring (bicyclic) bond motifs is 1. The van der Waals surface area contributed by atoms with E-state index in [1.54, 1.807) is 12.1 Å². The van der Waals surface area contributed by atoms with Crippen molar-refractivity contribution >= 4 is 21.6 Å². The van der Waals surface area contributed by atoms with E-state index < -0.39 is 15.9 Å². The van der Waals surface area contributed by atoms with Crippen molar-refractivity contribution < 1.29 is 13.2 Å². The summed E-state index contributed by atoms with van der Waals surface area (Å²) in [6.45, 7) is 0. The van der Waals surface area contributed by atoms with Gasteiger partial charge in [-0.25, -0.2) is 8.42 Å². The number of sulfonamides is 1. The molecule has 2 aromatic rings. The molecule has 0 heterocycles. The number of nitrogens with one attached hydrogen (secondary N) is 1. The molecule has 0 aromatic heterocycles. The smallest absolute Gasteiger partial charge is 0.261 e. The SMILES string of the molecule is NC(=O)c1ccc(NS(=O)(=O)c2ccc3c(c2)CCC3)cc1. The Morgan fingerprint density at radius 3 is 2.36 bits per heavy atom. The van der Waals surface area contributed by atoms with Crippen LogP contribution in [0.15, 0.2) is 47.4 Å². The molecule has 0 unspecified atom stereocenters. The number of anilines is 1. The van der Waals surface area contributed by atoms with Gasteiger partial charge in [0.05, 0.1) is 4.90 Å². The maximum atomic E-state index is 12.4. The van der Waals surface area contributed by atoms with Gasteiger partial charge in [0.25, 0.3) is 10.0 Å². The molecule has 6 heteroatoms. The molecular weight excluding hydrogens is 300 g/mol. The quantitative estimate of drug-likeness (QED) is 0.905. The minimum Gasteiger partial charge on any atom is -0.366 e. The molecule has 1 amide bonds. The molecule has 2 aromatic carbocycles. The van der Waals surface area contributed by atoms with E-state index in [1.165, 1.54) is 29.8 Å². The maximum Gasteiger partial charge on any atom is 0.261 e. The Hall–Kier alpha value is -2.34. The topological polar surface area (TPSA) is 89.3 Å². The monoisotopic (exact) mass is 316 g/mol. The van der Waals surface area contributed by atoms with E-state index in [0.29, 0.717) is 11.3 Å². The molecule has 3 rings (SSSR count). The highest BCUT2D eigenvalue weighted by molar-refractivity contribution is 7.92. The van der Waals surface area contributed by atoms with Gasteiger partial charge >= 0.3 is 0 Å². The van der Waals surface area contributed by atoms with E-state index in [0.717, 1.165) is 24.8 Å². The van der Waals surface area contributed by atoms with Crippen LogP contribution in [0.2, 0.25) is 0 Å². The molecule has 0 spiro atoms. The van der Waals surface area contributed by atoms with Crippen LogP contribution in [0.4, 0.5) is 5.69 Å². The Labute approximate surface area is 129 Å². The molecule has 0 atom stereocenters. The van der Waals surface area contributed by atoms with Gasteiger partial charge in [0, 0.05) is 11.3 Å². The molecule has 22 heavy (non-hydrogen) atoms. The molecule has 1 aliphatic rings. The Kier molecular flexibility index (Phi) is 3.62. The van der Waals surface area contributed by atoms with Crippen LogP contribution in [0, 0.1) is 0 Å². The van der Waals surface area contributed by atoms with Gasteiger partial charge in [-0.15, -0.1) is 0 Å². The lowest BCUT2D eigenvalue weighted by atomic mass is 10.1. The Bertz CT molecular complexity index is 827. The molecule has 0 saturated heterocycles. The second-order valence-corrected chi connectivity index (χ2v) is 7.01. The first-order valence-electron chi connectivity index (χ1n) is 7.00. The van der Waals surface area contributed by atoms with Crippen molar-refractivity contribution in [3.63, 3.8) is 0 Å². The zero-order chi connectivity index (χ0) is 15.7. The van der Waals surface area contributed by atoms with Crippen LogP contribution in [-0.2, 0) is 22.9 Å². The first kappa shape index (κ1) is 14.6. The number of hydrogen-bond acceptors (Lipinski definition) is 3. The minimum absolute atomic E-state index is 0.257. The van der Waals surface area contributed by atoms with Crippen molar-refractivity contribution in [2.75, 3.05) is 4.72 Å². The van der Waals surface area contributed by atoms with E-state index in [9.17, 15) is 13.2 Å². The fraction of sp³-hybridized carbons (Fsp3) is 0.188. The summed E-state index contributed by atoms with van der Waals surface area (Å²) in [5, 5.41) is 0. The number of aryl methyl sites for hydroxylation is 2. The standard InChI is InChI=1S/C16H16N2O3S/c17-16(19)12-4-7-14(8-5-12)18-22(20,21)15-9-6-11-2-1-3-13(11)10-15/h4-10,18H,1-3H2,(H2,17,19). The summed E-state index contributed by atoms with van der Waals surface area (Å²) >= 11 is 0. The molecule has 0 bridgehead atoms. The highest BCUT2D eigenvalue weighted by Gasteiger charge is 2.18. The summed E-state index contributed by atoms with van der Waals surface area (Å²) in [5.74, 6) is -0.548. The van der Waals surface area contributed by atoms with Crippen molar-refractivity contribution in [1.29, 1.82) is 0 Å². The fourth-order valence-corrected chi connectivity index (χ4v) is 3.74. The van der Waals surface area contributed by atoms with Crippen LogP contribution in [0.1, 0.15) is 27.9 Å². The lowest BCUT2D eigenvalue weighted by Crippen LogP contribution is -2.14. The lowest BCUT2D eigenvalue weighted by Gasteiger charge is -2.10. The molecule has 1 aliphatic carbocycles. The van der Waals surface area contributed by atoms with Crippen molar-refractivity contribution in [3.05, 3.63) is 59.2 Å². The predicted octanol–water partition coefficient (Wildman–Crippen LogP) is 2.08. The van der Waals surface area contributed by atoms with Crippen molar-refractivity contribution in [2.45, 2.75) is 24.2 Å². The zero-order valence-corrected chi connectivity index (χ0v) is 12.7. The van der Waals surface area contributed by atoms with Gasteiger partial charge in [-0.3, -0.25) is 9.52 Å². The molecule has 114 valence electrons. The summed E-state index contributed by atoms with van der Waals surface area (Å²) < 4.78 is 27.3. The third-order valence-corrected chi connectivity index (χ3v) is 5.18. The van der Waals surface area contributed by atoms with E-state index in [1.807, 2.05) is 6.07 Å². The summed E-state index contributed by atoms with van der Waals surface area (Å²) in [7, 11) is -3.63. The number of rotatable bonds is 4. The molecular formula is C16H16N2O3S. The number of carbonyl (C=O) groups excluding carboxylic acids is 1. The summed E-state index contributed by atoms with van der Waals surface area (Å²) in [6, 6.07) is 11.3. The second-order valence-electron chi connectivity index (χ2n) is 5.33. The fourth-order valence-electron chi connectivity index (χ4n) is 2.63. The molecule has 3 N–H and O–H groups in total. The number of primary amides is 1. The summed E-state index contributed by atoms with van der Waals surface area (Å²) in [6.07, 6.45) is 3.00. The number of benzene rings is 2. The Balaban J connectivity index is 1.85. The molecule has 0 radical (unpaired) electrons. The predicted molar refractivity (Wildman–Crippen MR) is 84.2 cm³/mol. The van der Waals surface area contributed by atoms with Gasteiger partial charge in [0.1, 0.15) is 0 Å². The Morgan fingerprint density at radius 2 is 1.68 bits per heavy atom. The van der Waals surface area contributed by atoms with Crippen LogP contribution in [0.25, 0.3) is 0 Å². The van der Waals surface area contributed by atoms with Gasteiger partial charge in [-0.05, 0) is 66.8 Å². The number of hydrogen-bond donors (Lipinski definition) is 2. The first-order chi connectivity index (χ1) is 10.5. The van der Waals surface area contributed by atoms with Crippen LogP contribution >= 0.6 is 0 Å². The first-order valence-corrected chi connectivity index (χ1v) is 8.48. The highest BCUT2D eigenvalue weighted by atomic mass is 32.2. The number of nitrogens with two attached hydrogens (primary N) is 1. The van der Waals surface area contributed by atoms with Gasteiger partial charge < -0.3 is 5.73 Å². The lowest BCUT2D eigenvalue weighted by molar-refractivity contribution is 0.100. The molecule has 5 nitrogen and oxygen atoms in total. The normalized spacial score (nSPS) is 13.6. The van der Waals surface area contributed by atoms with Gasteiger partial charge in [0.2, 0.25) is 5.91 Å². The highest BCUT2D eigenvalue weighted by Crippen LogP contribution is 2.25. The van der Waals surface area contributed by atoms with Crippen LogP contribution in [0.3, 0.4) is 0 Å². The summed E-state index contributed by atoms with van der Waals surface area (Å²) in [5.41, 5.74) is 8.21. The van der Waals surface area contributed by atoms with Crippen molar-refractivity contribution in [2.24, 2.45) is 5.73 Å². The molecule has 0 saturated carbocycles. The second kappa shape index (κ2) is 5.46. The largest absolute Gasteiger partial charge is 0.366 e. The molecule has 0 fully saturated rings. The van der Waals surface area contributed by atoms with Gasteiger partial charge in [-0.2, -0.15) is 0 Å². The molecule has 0 aliphatic heterocycles. The van der Waals surface area contributed by atoms with E-state index in [-0.39, 0.29) is 4.90 Å². The third kappa shape index (κ3) is 2.82.